The molecule has 0 amide bonds. The Bertz CT molecular complexity index is 917. The normalized spacial score (nSPS) is 25.2. The third kappa shape index (κ3) is 4.46. The molecule has 1 aliphatic rings. The van der Waals surface area contributed by atoms with E-state index in [4.69, 9.17) is 9.47 Å². The highest BCUT2D eigenvalue weighted by molar-refractivity contribution is 6.05. The van der Waals surface area contributed by atoms with Gasteiger partial charge in [0.05, 0.1) is 19.3 Å². The Morgan fingerprint density at radius 3 is 2.38 bits per heavy atom. The van der Waals surface area contributed by atoms with Crippen LogP contribution in [0.15, 0.2) is 72.8 Å². The van der Waals surface area contributed by atoms with E-state index in [1.165, 1.54) is 20.1 Å². The van der Waals surface area contributed by atoms with Gasteiger partial charge in [-0.2, -0.15) is 0 Å². The van der Waals surface area contributed by atoms with Crippen molar-refractivity contribution in [3.8, 4) is 0 Å². The first-order chi connectivity index (χ1) is 13.9. The van der Waals surface area contributed by atoms with Gasteiger partial charge in [-0.25, -0.2) is 0 Å². The fraction of sp³-hybridized carbons (Fsp3) is 0.250. The number of methoxy groups -OCH3 is 1. The maximum Gasteiger partial charge on any atom is 0.322 e. The van der Waals surface area contributed by atoms with Crippen molar-refractivity contribution in [2.45, 2.75) is 25.6 Å². The first kappa shape index (κ1) is 20.6. The van der Waals surface area contributed by atoms with Crippen molar-refractivity contribution in [2.24, 2.45) is 5.41 Å². The van der Waals surface area contributed by atoms with Gasteiger partial charge < -0.3 is 14.6 Å². The van der Waals surface area contributed by atoms with Crippen molar-refractivity contribution in [3.63, 3.8) is 0 Å². The highest BCUT2D eigenvalue weighted by Crippen LogP contribution is 2.37. The number of esters is 1. The number of aliphatic hydroxyl groups excluding tert-OH is 1. The molecule has 1 fully saturated rings. The minimum Gasteiger partial charge on any atom is -0.508 e. The minimum atomic E-state index is -1.45. The second-order valence-corrected chi connectivity index (χ2v) is 7.10. The van der Waals surface area contributed by atoms with E-state index in [1.807, 2.05) is 54.6 Å². The van der Waals surface area contributed by atoms with E-state index in [0.717, 1.165) is 5.56 Å². The molecule has 0 aliphatic carbocycles. The van der Waals surface area contributed by atoms with Crippen LogP contribution in [0.1, 0.15) is 24.5 Å². The fourth-order valence-corrected chi connectivity index (χ4v) is 3.35. The standard InChI is InChI=1S/C24H24O5/c1-24(23(27)28-2)21(26)16-19(15-20(25)18-11-7-4-8-12-18)29-22(24)14-13-17-9-5-3-6-10-17/h3-15,19,22,25H,16H2,1-2H3/b14-13+,20-15-/t19-,22-,24-/m1/s1. The van der Waals surface area contributed by atoms with E-state index in [2.05, 4.69) is 0 Å². The molecule has 2 aromatic carbocycles. The maximum atomic E-state index is 12.9. The second-order valence-electron chi connectivity index (χ2n) is 7.10. The van der Waals surface area contributed by atoms with Crippen LogP contribution in [0.25, 0.3) is 11.8 Å². The van der Waals surface area contributed by atoms with Crippen LogP contribution in [0.5, 0.6) is 0 Å². The molecule has 0 radical (unpaired) electrons. The van der Waals surface area contributed by atoms with E-state index in [9.17, 15) is 14.7 Å². The van der Waals surface area contributed by atoms with Gasteiger partial charge in [-0.1, -0.05) is 72.8 Å². The number of Topliss-reactive ketones (excluding diaryl/α,β-unsaturated/α-hetero) is 1. The van der Waals surface area contributed by atoms with Crippen LogP contribution in [-0.2, 0) is 19.1 Å². The zero-order valence-corrected chi connectivity index (χ0v) is 16.4. The molecule has 1 N–H and O–H groups in total. The number of carbonyl (C=O) groups is 2. The second kappa shape index (κ2) is 8.88. The van der Waals surface area contributed by atoms with Crippen molar-refractivity contribution >= 4 is 23.6 Å². The lowest BCUT2D eigenvalue weighted by Crippen LogP contribution is -2.53. The molecule has 0 bridgehead atoms. The Labute approximate surface area is 170 Å². The molecule has 1 aliphatic heterocycles. The molecule has 150 valence electrons. The van der Waals surface area contributed by atoms with Gasteiger partial charge in [0.2, 0.25) is 0 Å². The molecule has 0 saturated carbocycles. The van der Waals surface area contributed by atoms with Crippen LogP contribution in [0.4, 0.5) is 0 Å². The zero-order valence-electron chi connectivity index (χ0n) is 16.4. The fourth-order valence-electron chi connectivity index (χ4n) is 3.35. The molecule has 5 heteroatoms. The summed E-state index contributed by atoms with van der Waals surface area (Å²) < 4.78 is 11.0. The minimum absolute atomic E-state index is 0.0239. The molecule has 0 unspecified atom stereocenters. The predicted octanol–water partition coefficient (Wildman–Crippen LogP) is 4.20. The highest BCUT2D eigenvalue weighted by Gasteiger charge is 2.52. The Morgan fingerprint density at radius 2 is 1.76 bits per heavy atom. The van der Waals surface area contributed by atoms with Gasteiger partial charge in [0, 0.05) is 12.0 Å². The van der Waals surface area contributed by atoms with Crippen LogP contribution < -0.4 is 0 Å². The number of hydrogen-bond acceptors (Lipinski definition) is 5. The lowest BCUT2D eigenvalue weighted by atomic mass is 9.75. The third-order valence-electron chi connectivity index (χ3n) is 5.14. The highest BCUT2D eigenvalue weighted by atomic mass is 16.5. The lowest BCUT2D eigenvalue weighted by molar-refractivity contribution is -0.174. The van der Waals surface area contributed by atoms with Gasteiger partial charge >= 0.3 is 5.97 Å². The molecule has 2 aromatic rings. The summed E-state index contributed by atoms with van der Waals surface area (Å²) in [6.45, 7) is 1.54. The van der Waals surface area contributed by atoms with Crippen LogP contribution in [0.3, 0.4) is 0 Å². The molecule has 29 heavy (non-hydrogen) atoms. The monoisotopic (exact) mass is 392 g/mol. The van der Waals surface area contributed by atoms with E-state index in [-0.39, 0.29) is 18.0 Å². The van der Waals surface area contributed by atoms with Gasteiger partial charge in [0.1, 0.15) is 5.76 Å². The number of hydrogen-bond donors (Lipinski definition) is 1. The Hall–Kier alpha value is -3.18. The number of carbonyl (C=O) groups excluding carboxylic acids is 2. The number of ketones is 1. The summed E-state index contributed by atoms with van der Waals surface area (Å²) in [7, 11) is 1.26. The van der Waals surface area contributed by atoms with Crippen molar-refractivity contribution < 1.29 is 24.2 Å². The van der Waals surface area contributed by atoms with Crippen LogP contribution >= 0.6 is 0 Å². The first-order valence-electron chi connectivity index (χ1n) is 9.41. The van der Waals surface area contributed by atoms with Crippen molar-refractivity contribution in [1.29, 1.82) is 0 Å². The molecular weight excluding hydrogens is 368 g/mol. The Morgan fingerprint density at radius 1 is 1.14 bits per heavy atom. The van der Waals surface area contributed by atoms with E-state index < -0.39 is 23.6 Å². The van der Waals surface area contributed by atoms with Crippen molar-refractivity contribution in [3.05, 3.63) is 83.9 Å². The molecule has 1 heterocycles. The number of rotatable bonds is 5. The Balaban J connectivity index is 1.90. The zero-order chi connectivity index (χ0) is 20.9. The summed E-state index contributed by atoms with van der Waals surface area (Å²) >= 11 is 0. The van der Waals surface area contributed by atoms with Gasteiger partial charge in [0.25, 0.3) is 0 Å². The van der Waals surface area contributed by atoms with Crippen LogP contribution in [0, 0.1) is 5.41 Å². The van der Waals surface area contributed by atoms with Gasteiger partial charge in [-0.15, -0.1) is 0 Å². The molecule has 3 atom stereocenters. The SMILES string of the molecule is COC(=O)[C@]1(C)C(=O)C[C@@H](/C=C(\O)c2ccccc2)O[C@@H]1/C=C/c1ccccc1. The number of ether oxygens (including phenoxy) is 2. The molecule has 3 rings (SSSR count). The quantitative estimate of drug-likeness (QED) is 0.469. The van der Waals surface area contributed by atoms with Gasteiger partial charge in [-0.3, -0.25) is 9.59 Å². The van der Waals surface area contributed by atoms with Crippen molar-refractivity contribution in [2.75, 3.05) is 7.11 Å². The summed E-state index contributed by atoms with van der Waals surface area (Å²) in [5, 5.41) is 10.4. The summed E-state index contributed by atoms with van der Waals surface area (Å²) in [4.78, 5) is 25.4. The van der Waals surface area contributed by atoms with Crippen molar-refractivity contribution in [1.82, 2.24) is 0 Å². The average Bonchev–Trinajstić information content (AvgIpc) is 2.75. The Kier molecular flexibility index (Phi) is 6.29. The lowest BCUT2D eigenvalue weighted by Gasteiger charge is -2.38. The molecule has 0 aromatic heterocycles. The molecule has 5 nitrogen and oxygen atoms in total. The largest absolute Gasteiger partial charge is 0.508 e. The van der Waals surface area contributed by atoms with Gasteiger partial charge in [-0.05, 0) is 18.6 Å². The summed E-state index contributed by atoms with van der Waals surface area (Å²) in [5.74, 6) is -0.906. The first-order valence-corrected chi connectivity index (χ1v) is 9.41. The van der Waals surface area contributed by atoms with E-state index in [0.29, 0.717) is 5.56 Å². The average molecular weight is 392 g/mol. The van der Waals surface area contributed by atoms with Crippen LogP contribution in [0.2, 0.25) is 0 Å². The number of aliphatic hydroxyl groups is 1. The summed E-state index contributed by atoms with van der Waals surface area (Å²) in [5.41, 5.74) is 0.0917. The van der Waals surface area contributed by atoms with E-state index in [1.54, 1.807) is 18.2 Å². The third-order valence-corrected chi connectivity index (χ3v) is 5.14. The molecular formula is C24H24O5. The van der Waals surface area contributed by atoms with E-state index >= 15 is 0 Å². The summed E-state index contributed by atoms with van der Waals surface area (Å²) in [6, 6.07) is 18.5. The van der Waals surface area contributed by atoms with Crippen LogP contribution in [-0.4, -0.2) is 36.2 Å². The topological polar surface area (TPSA) is 72.8 Å². The summed E-state index contributed by atoms with van der Waals surface area (Å²) in [6.07, 6.45) is 3.49. The molecule has 1 saturated heterocycles. The molecule has 0 spiro atoms. The smallest absolute Gasteiger partial charge is 0.322 e. The number of benzene rings is 2. The predicted molar refractivity (Wildman–Crippen MR) is 111 cm³/mol. The maximum absolute atomic E-state index is 12.9. The van der Waals surface area contributed by atoms with Gasteiger partial charge in [0.15, 0.2) is 11.2 Å².